The average molecular weight is 259 g/mol. The average Bonchev–Trinajstić information content (AvgIpc) is 2.60. The van der Waals surface area contributed by atoms with Crippen molar-refractivity contribution in [3.8, 4) is 0 Å². The Labute approximate surface area is 92.8 Å². The minimum atomic E-state index is -0.239. The molecule has 0 aliphatic heterocycles. The quantitative estimate of drug-likeness (QED) is 0.433. The van der Waals surface area contributed by atoms with Crippen LogP contribution in [-0.4, -0.2) is 16.4 Å². The van der Waals surface area contributed by atoms with Gasteiger partial charge in [0, 0.05) is 5.57 Å². The van der Waals surface area contributed by atoms with Gasteiger partial charge in [-0.25, -0.2) is 4.79 Å². The molecule has 3 atom stereocenters. The lowest BCUT2D eigenvalue weighted by molar-refractivity contribution is -0.153. The van der Waals surface area contributed by atoms with Crippen LogP contribution in [0.5, 0.6) is 0 Å². The highest BCUT2D eigenvalue weighted by Gasteiger charge is 2.53. The number of esters is 1. The molecule has 2 aliphatic rings. The third-order valence-electron chi connectivity index (χ3n) is 3.37. The number of ether oxygens (including phenoxy) is 1. The predicted octanol–water partition coefficient (Wildman–Crippen LogP) is 2.81. The van der Waals surface area contributed by atoms with Crippen molar-refractivity contribution in [2.45, 2.75) is 43.0 Å². The normalized spacial score (nSPS) is 39.9. The summed E-state index contributed by atoms with van der Waals surface area (Å²) in [5, 5.41) is 0. The minimum Gasteiger partial charge on any atom is -0.455 e. The van der Waals surface area contributed by atoms with Crippen molar-refractivity contribution in [1.29, 1.82) is 0 Å². The Morgan fingerprint density at radius 2 is 2.36 bits per heavy atom. The van der Waals surface area contributed by atoms with E-state index >= 15 is 0 Å². The molecule has 2 saturated carbocycles. The zero-order chi connectivity index (χ0) is 10.3. The summed E-state index contributed by atoms with van der Waals surface area (Å²) in [6.45, 7) is 5.31. The molecule has 2 aliphatic carbocycles. The number of halogens is 1. The first-order valence-corrected chi connectivity index (χ1v) is 5.98. The fourth-order valence-corrected chi connectivity index (χ4v) is 3.60. The van der Waals surface area contributed by atoms with E-state index in [0.29, 0.717) is 10.4 Å². The summed E-state index contributed by atoms with van der Waals surface area (Å²) in [4.78, 5) is 11.8. The van der Waals surface area contributed by atoms with Crippen LogP contribution < -0.4 is 0 Å². The highest BCUT2D eigenvalue weighted by molar-refractivity contribution is 9.09. The highest BCUT2D eigenvalue weighted by Crippen LogP contribution is 2.53. The van der Waals surface area contributed by atoms with Gasteiger partial charge in [-0.1, -0.05) is 22.5 Å². The Morgan fingerprint density at radius 1 is 1.64 bits per heavy atom. The Balaban J connectivity index is 2.09. The maximum absolute atomic E-state index is 11.5. The molecule has 0 aromatic rings. The van der Waals surface area contributed by atoms with Gasteiger partial charge in [0.2, 0.25) is 0 Å². The van der Waals surface area contributed by atoms with Gasteiger partial charge < -0.3 is 4.74 Å². The molecule has 3 unspecified atom stereocenters. The molecule has 0 spiro atoms. The second-order valence-corrected chi connectivity index (χ2v) is 5.65. The first-order chi connectivity index (χ1) is 6.53. The minimum absolute atomic E-state index is 0.222. The van der Waals surface area contributed by atoms with Gasteiger partial charge in [0.15, 0.2) is 0 Å². The molecule has 2 rings (SSSR count). The molecule has 3 heteroatoms. The van der Waals surface area contributed by atoms with E-state index in [1.165, 1.54) is 6.42 Å². The standard InChI is InChI=1S/C11H15BrO2/c1-7(2)10(13)14-11-4-3-8(6-11)5-9(11)12/h8-9H,1,3-6H2,2H3. The molecule has 2 bridgehead atoms. The van der Waals surface area contributed by atoms with Crippen molar-refractivity contribution < 1.29 is 9.53 Å². The van der Waals surface area contributed by atoms with Crippen LogP contribution in [0.25, 0.3) is 0 Å². The van der Waals surface area contributed by atoms with Gasteiger partial charge in [-0.3, -0.25) is 0 Å². The van der Waals surface area contributed by atoms with Crippen LogP contribution in [0.4, 0.5) is 0 Å². The second-order valence-electron chi connectivity index (χ2n) is 4.55. The number of fused-ring (bicyclic) bond motifs is 2. The monoisotopic (exact) mass is 258 g/mol. The topological polar surface area (TPSA) is 26.3 Å². The molecule has 14 heavy (non-hydrogen) atoms. The Bertz CT molecular complexity index is 287. The summed E-state index contributed by atoms with van der Waals surface area (Å²) >= 11 is 3.62. The van der Waals surface area contributed by atoms with Crippen molar-refractivity contribution in [2.75, 3.05) is 0 Å². The number of carbonyl (C=O) groups is 1. The fraction of sp³-hybridized carbons (Fsp3) is 0.727. The largest absolute Gasteiger partial charge is 0.455 e. The maximum atomic E-state index is 11.5. The highest BCUT2D eigenvalue weighted by atomic mass is 79.9. The summed E-state index contributed by atoms with van der Waals surface area (Å²) in [7, 11) is 0. The van der Waals surface area contributed by atoms with Crippen LogP contribution in [-0.2, 0) is 9.53 Å². The number of hydrogen-bond acceptors (Lipinski definition) is 2. The molecule has 2 fully saturated rings. The molecule has 0 amide bonds. The lowest BCUT2D eigenvalue weighted by atomic mass is 9.97. The molecular formula is C11H15BrO2. The third-order valence-corrected chi connectivity index (χ3v) is 4.57. The van der Waals surface area contributed by atoms with Gasteiger partial charge in [0.1, 0.15) is 5.60 Å². The van der Waals surface area contributed by atoms with E-state index < -0.39 is 0 Å². The van der Waals surface area contributed by atoms with E-state index in [0.717, 1.165) is 25.2 Å². The SMILES string of the molecule is C=C(C)C(=O)OC12CCC(CC1Br)C2. The van der Waals surface area contributed by atoms with Crippen molar-refractivity contribution in [2.24, 2.45) is 5.92 Å². The predicted molar refractivity (Wildman–Crippen MR) is 58.3 cm³/mol. The molecule has 0 saturated heterocycles. The molecule has 0 N–H and O–H groups in total. The van der Waals surface area contributed by atoms with Crippen molar-refractivity contribution in [1.82, 2.24) is 0 Å². The smallest absolute Gasteiger partial charge is 0.333 e. The van der Waals surface area contributed by atoms with Crippen LogP contribution in [0.2, 0.25) is 0 Å². The van der Waals surface area contributed by atoms with Crippen LogP contribution >= 0.6 is 15.9 Å². The molecule has 78 valence electrons. The Hall–Kier alpha value is -0.310. The van der Waals surface area contributed by atoms with Gasteiger partial charge in [0.05, 0.1) is 4.83 Å². The van der Waals surface area contributed by atoms with E-state index in [4.69, 9.17) is 4.74 Å². The van der Waals surface area contributed by atoms with Crippen molar-refractivity contribution >= 4 is 21.9 Å². The van der Waals surface area contributed by atoms with E-state index in [9.17, 15) is 4.79 Å². The van der Waals surface area contributed by atoms with Crippen LogP contribution in [0.3, 0.4) is 0 Å². The Morgan fingerprint density at radius 3 is 2.79 bits per heavy atom. The van der Waals surface area contributed by atoms with E-state index in [2.05, 4.69) is 22.5 Å². The molecule has 0 aromatic heterocycles. The fourth-order valence-electron chi connectivity index (χ4n) is 2.56. The third kappa shape index (κ3) is 1.52. The summed E-state index contributed by atoms with van der Waals surface area (Å²) in [6, 6.07) is 0. The van der Waals surface area contributed by atoms with E-state index in [1.807, 2.05) is 0 Å². The lowest BCUT2D eigenvalue weighted by Gasteiger charge is -2.31. The van der Waals surface area contributed by atoms with Crippen molar-refractivity contribution in [3.05, 3.63) is 12.2 Å². The van der Waals surface area contributed by atoms with E-state index in [1.54, 1.807) is 6.92 Å². The summed E-state index contributed by atoms with van der Waals surface area (Å²) < 4.78 is 5.58. The zero-order valence-electron chi connectivity index (χ0n) is 8.38. The summed E-state index contributed by atoms with van der Waals surface area (Å²) in [5.41, 5.74) is 0.273. The second kappa shape index (κ2) is 3.37. The molecule has 2 nitrogen and oxygen atoms in total. The molecular weight excluding hydrogens is 244 g/mol. The maximum Gasteiger partial charge on any atom is 0.333 e. The summed E-state index contributed by atoms with van der Waals surface area (Å²) in [5.74, 6) is 0.509. The number of alkyl halides is 1. The van der Waals surface area contributed by atoms with Gasteiger partial charge in [-0.15, -0.1) is 0 Å². The van der Waals surface area contributed by atoms with Crippen LogP contribution in [0, 0.1) is 5.92 Å². The number of carbonyl (C=O) groups excluding carboxylic acids is 1. The summed E-state index contributed by atoms with van der Waals surface area (Å²) in [6.07, 6.45) is 4.38. The number of hydrogen-bond donors (Lipinski definition) is 0. The zero-order valence-corrected chi connectivity index (χ0v) is 9.97. The first kappa shape index (κ1) is 10.2. The van der Waals surface area contributed by atoms with Gasteiger partial charge >= 0.3 is 5.97 Å². The molecule has 0 radical (unpaired) electrons. The van der Waals surface area contributed by atoms with E-state index in [-0.39, 0.29) is 11.6 Å². The van der Waals surface area contributed by atoms with Crippen LogP contribution in [0.15, 0.2) is 12.2 Å². The van der Waals surface area contributed by atoms with Gasteiger partial charge in [-0.05, 0) is 38.5 Å². The molecule has 0 heterocycles. The van der Waals surface area contributed by atoms with Gasteiger partial charge in [0.25, 0.3) is 0 Å². The number of rotatable bonds is 2. The Kier molecular flexibility index (Phi) is 2.46. The van der Waals surface area contributed by atoms with Crippen molar-refractivity contribution in [3.63, 3.8) is 0 Å². The lowest BCUT2D eigenvalue weighted by Crippen LogP contribution is -2.38. The van der Waals surface area contributed by atoms with Crippen LogP contribution in [0.1, 0.15) is 32.6 Å². The molecule has 0 aromatic carbocycles. The van der Waals surface area contributed by atoms with Gasteiger partial charge in [-0.2, -0.15) is 0 Å². The first-order valence-electron chi connectivity index (χ1n) is 5.06.